The Balaban J connectivity index is 1.27. The summed E-state index contributed by atoms with van der Waals surface area (Å²) in [5.41, 5.74) is 3.83. The predicted octanol–water partition coefficient (Wildman–Crippen LogP) is 6.04. The fourth-order valence-corrected chi connectivity index (χ4v) is 7.71. The van der Waals surface area contributed by atoms with Gasteiger partial charge in [0.05, 0.1) is 12.0 Å². The van der Waals surface area contributed by atoms with Crippen molar-refractivity contribution in [1.82, 2.24) is 15.6 Å². The average molecular weight is 564 g/mol. The largest absolute Gasteiger partial charge is 0.495 e. The zero-order valence-corrected chi connectivity index (χ0v) is 24.2. The molecular formula is C32H41N3O4S. The first-order valence-electron chi connectivity index (χ1n) is 14.7. The summed E-state index contributed by atoms with van der Waals surface area (Å²) < 4.78 is 31.5. The van der Waals surface area contributed by atoms with Gasteiger partial charge >= 0.3 is 0 Å². The fourth-order valence-electron chi connectivity index (χ4n) is 6.28. The number of hydrogen-bond donors (Lipinski definition) is 3. The van der Waals surface area contributed by atoms with Crippen molar-refractivity contribution in [3.63, 3.8) is 0 Å². The molecule has 1 amide bonds. The maximum Gasteiger partial charge on any atom is 0.267 e. The number of fused-ring (bicyclic) bond motifs is 2. The number of aromatic nitrogens is 1. The van der Waals surface area contributed by atoms with Crippen LogP contribution in [-0.2, 0) is 28.3 Å². The van der Waals surface area contributed by atoms with Gasteiger partial charge in [-0.25, -0.2) is 8.42 Å². The molecule has 2 aromatic carbocycles. The van der Waals surface area contributed by atoms with Crippen LogP contribution in [0.1, 0.15) is 91.5 Å². The van der Waals surface area contributed by atoms with Gasteiger partial charge in [0, 0.05) is 30.7 Å². The molecule has 3 N–H and O–H groups in total. The van der Waals surface area contributed by atoms with E-state index in [0.29, 0.717) is 18.0 Å². The number of methoxy groups -OCH3 is 1. The van der Waals surface area contributed by atoms with E-state index in [4.69, 9.17) is 4.74 Å². The van der Waals surface area contributed by atoms with Gasteiger partial charge in [-0.15, -0.1) is 0 Å². The second-order valence-electron chi connectivity index (χ2n) is 11.1. The third-order valence-corrected chi connectivity index (χ3v) is 10.3. The lowest BCUT2D eigenvalue weighted by Gasteiger charge is -2.39. The van der Waals surface area contributed by atoms with Crippen LogP contribution in [0, 0.1) is 0 Å². The molecule has 1 aliphatic carbocycles. The number of H-pyrrole nitrogens is 1. The first kappa shape index (κ1) is 28.4. The molecule has 7 nitrogen and oxygen atoms in total. The van der Waals surface area contributed by atoms with E-state index in [1.54, 1.807) is 48.5 Å². The van der Waals surface area contributed by atoms with Gasteiger partial charge in [0.15, 0.2) is 0 Å². The Morgan fingerprint density at radius 3 is 2.25 bits per heavy atom. The van der Waals surface area contributed by atoms with Gasteiger partial charge in [0.1, 0.15) is 16.3 Å². The Labute approximate surface area is 238 Å². The van der Waals surface area contributed by atoms with Crippen molar-refractivity contribution in [2.24, 2.45) is 0 Å². The van der Waals surface area contributed by atoms with Gasteiger partial charge in [0.25, 0.3) is 5.91 Å². The number of para-hydroxylation sites is 1. The minimum Gasteiger partial charge on any atom is -0.495 e. The van der Waals surface area contributed by atoms with Crippen LogP contribution in [0.2, 0.25) is 0 Å². The number of nitrogens with one attached hydrogen (secondary N) is 3. The van der Waals surface area contributed by atoms with E-state index in [0.717, 1.165) is 31.4 Å². The van der Waals surface area contributed by atoms with Gasteiger partial charge in [-0.05, 0) is 54.3 Å². The summed E-state index contributed by atoms with van der Waals surface area (Å²) in [5.74, 6) is 0.164. The summed E-state index contributed by atoms with van der Waals surface area (Å²) >= 11 is 0. The molecule has 1 aromatic heterocycles. The molecule has 3 aromatic rings. The quantitative estimate of drug-likeness (QED) is 0.339. The molecule has 1 spiro atoms. The topological polar surface area (TPSA) is 100 Å². The normalized spacial score (nSPS) is 17.9. The van der Waals surface area contributed by atoms with Crippen LogP contribution in [0.4, 0.5) is 0 Å². The average Bonchev–Trinajstić information content (AvgIpc) is 3.41. The van der Waals surface area contributed by atoms with Crippen LogP contribution < -0.4 is 15.4 Å². The van der Waals surface area contributed by atoms with E-state index in [1.165, 1.54) is 69.7 Å². The number of ether oxygens (including phenoxy) is 1. The van der Waals surface area contributed by atoms with Crippen molar-refractivity contribution in [2.45, 2.75) is 92.5 Å². The van der Waals surface area contributed by atoms with Crippen molar-refractivity contribution in [3.05, 3.63) is 77.1 Å². The lowest BCUT2D eigenvalue weighted by molar-refractivity contribution is 0.0946. The summed E-state index contributed by atoms with van der Waals surface area (Å²) in [5, 5.41) is 6.88. The van der Waals surface area contributed by atoms with Crippen LogP contribution in [0.25, 0.3) is 0 Å². The highest BCUT2D eigenvalue weighted by Crippen LogP contribution is 2.39. The van der Waals surface area contributed by atoms with Gasteiger partial charge < -0.3 is 20.4 Å². The molecule has 0 bridgehead atoms. The van der Waals surface area contributed by atoms with Crippen molar-refractivity contribution in [3.8, 4) is 5.75 Å². The number of carbonyl (C=O) groups is 1. The molecule has 5 rings (SSSR count). The summed E-state index contributed by atoms with van der Waals surface area (Å²) in [6.45, 7) is 1.24. The van der Waals surface area contributed by atoms with Gasteiger partial charge in [0.2, 0.25) is 9.84 Å². The molecule has 0 unspecified atom stereocenters. The molecule has 40 heavy (non-hydrogen) atoms. The third-order valence-electron chi connectivity index (χ3n) is 8.50. The second kappa shape index (κ2) is 12.6. The zero-order valence-electron chi connectivity index (χ0n) is 23.4. The molecule has 214 valence electrons. The molecule has 2 aliphatic rings. The lowest BCUT2D eigenvalue weighted by Crippen LogP contribution is -2.47. The maximum atomic E-state index is 13.2. The van der Waals surface area contributed by atoms with Gasteiger partial charge in [-0.2, -0.15) is 0 Å². The van der Waals surface area contributed by atoms with Crippen LogP contribution in [-0.4, -0.2) is 33.0 Å². The van der Waals surface area contributed by atoms with E-state index >= 15 is 0 Å². The highest BCUT2D eigenvalue weighted by atomic mass is 32.2. The molecule has 1 saturated carbocycles. The van der Waals surface area contributed by atoms with E-state index in [-0.39, 0.29) is 21.2 Å². The standard InChI is InChI=1S/C32H41N3O4S/c1-39-29-12-8-9-13-30(29)40(37,38)25-16-14-24(15-17-25)23-33-31(36)28-22-26-27(35-28)18-21-34-32(26)19-10-6-4-2-3-5-7-11-20-32/h8-9,12-17,22,34-35H,2-7,10-11,18-21,23H2,1H3,(H,33,36). The number of aromatic amines is 1. The summed E-state index contributed by atoms with van der Waals surface area (Å²) in [6.07, 6.45) is 13.4. The van der Waals surface area contributed by atoms with Crippen LogP contribution in [0.5, 0.6) is 5.75 Å². The summed E-state index contributed by atoms with van der Waals surface area (Å²) in [7, 11) is -2.27. The molecule has 8 heteroatoms. The van der Waals surface area contributed by atoms with Crippen molar-refractivity contribution < 1.29 is 17.9 Å². The molecule has 0 atom stereocenters. The molecule has 1 aliphatic heterocycles. The first-order valence-corrected chi connectivity index (χ1v) is 16.1. The maximum absolute atomic E-state index is 13.2. The van der Waals surface area contributed by atoms with Crippen molar-refractivity contribution >= 4 is 15.7 Å². The number of rotatable bonds is 6. The van der Waals surface area contributed by atoms with Crippen LogP contribution in [0.3, 0.4) is 0 Å². The highest BCUT2D eigenvalue weighted by Gasteiger charge is 2.37. The van der Waals surface area contributed by atoms with Crippen LogP contribution in [0.15, 0.2) is 64.4 Å². The first-order chi connectivity index (χ1) is 19.4. The van der Waals surface area contributed by atoms with Gasteiger partial charge in [-0.3, -0.25) is 4.79 Å². The molecular weight excluding hydrogens is 522 g/mol. The van der Waals surface area contributed by atoms with E-state index < -0.39 is 9.84 Å². The SMILES string of the molecule is COc1ccccc1S(=O)(=O)c1ccc(CNC(=O)c2cc3c([nH]2)CCNC32CCCCCCCCCC2)cc1. The van der Waals surface area contributed by atoms with Gasteiger partial charge in [-0.1, -0.05) is 75.6 Å². The highest BCUT2D eigenvalue weighted by molar-refractivity contribution is 7.91. The minimum atomic E-state index is -3.72. The monoisotopic (exact) mass is 563 g/mol. The number of hydrogen-bond acceptors (Lipinski definition) is 5. The Bertz CT molecular complexity index is 1400. The Hall–Kier alpha value is -3.10. The van der Waals surface area contributed by atoms with Crippen molar-refractivity contribution in [2.75, 3.05) is 13.7 Å². The third kappa shape index (κ3) is 6.13. The number of amides is 1. The predicted molar refractivity (Wildman–Crippen MR) is 156 cm³/mol. The number of benzene rings is 2. The molecule has 1 fully saturated rings. The second-order valence-corrected chi connectivity index (χ2v) is 13.1. The lowest BCUT2D eigenvalue weighted by atomic mass is 9.78. The summed E-state index contributed by atoms with van der Waals surface area (Å²) in [4.78, 5) is 16.9. The van der Waals surface area contributed by atoms with E-state index in [2.05, 4.69) is 21.7 Å². The van der Waals surface area contributed by atoms with E-state index in [9.17, 15) is 13.2 Å². The zero-order chi connectivity index (χ0) is 28.0. The molecule has 2 heterocycles. The minimum absolute atomic E-state index is 0.0459. The number of sulfone groups is 1. The van der Waals surface area contributed by atoms with E-state index in [1.807, 2.05) is 0 Å². The Morgan fingerprint density at radius 1 is 0.925 bits per heavy atom. The Kier molecular flexibility index (Phi) is 8.96. The molecule has 0 radical (unpaired) electrons. The molecule has 0 saturated heterocycles. The van der Waals surface area contributed by atoms with Crippen LogP contribution >= 0.6 is 0 Å². The summed E-state index contributed by atoms with van der Waals surface area (Å²) in [6, 6.07) is 15.3. The number of carbonyl (C=O) groups excluding carboxylic acids is 1. The Morgan fingerprint density at radius 2 is 1.57 bits per heavy atom. The van der Waals surface area contributed by atoms with Crippen molar-refractivity contribution in [1.29, 1.82) is 0 Å². The smallest absolute Gasteiger partial charge is 0.267 e. The fraction of sp³-hybridized carbons (Fsp3) is 0.469.